The van der Waals surface area contributed by atoms with E-state index in [2.05, 4.69) is 15.0 Å². The lowest BCUT2D eigenvalue weighted by molar-refractivity contribution is -0.142. The van der Waals surface area contributed by atoms with Gasteiger partial charge in [0.15, 0.2) is 5.78 Å². The van der Waals surface area contributed by atoms with E-state index in [1.165, 1.54) is 44.2 Å². The molecule has 1 amide bonds. The number of aryl methyl sites for hydroxylation is 3. The van der Waals surface area contributed by atoms with Crippen molar-refractivity contribution in [2.75, 3.05) is 12.4 Å². The van der Waals surface area contributed by atoms with Gasteiger partial charge >= 0.3 is 24.3 Å². The molecular weight excluding hydrogens is 670 g/mol. The summed E-state index contributed by atoms with van der Waals surface area (Å²) >= 11 is 0. The second kappa shape index (κ2) is 14.9. The summed E-state index contributed by atoms with van der Waals surface area (Å²) in [4.78, 5) is 54.7. The number of aromatic nitrogens is 1. The standard InChI is InChI=1S/C36H30F6N2O6/c1-19-16-24(34(48)49-4)18-28(36(40,41)42)32(19)50-30(46)7-5-6-22-9-15-29(27(17-22)21(3)45)44-33(47)26-14-8-20(2)43-31(26)23-10-12-25(13-11-23)35(37,38)39/h8-18H,5-7H2,1-4H3,(H,44,47). The number of pyridine rings is 1. The average Bonchev–Trinajstić information content (AvgIpc) is 3.04. The number of Topliss-reactive ketones (excluding diaryl/α,β-unsaturated/α-hetero) is 1. The van der Waals surface area contributed by atoms with E-state index in [0.29, 0.717) is 17.3 Å². The van der Waals surface area contributed by atoms with Crippen LogP contribution in [0.1, 0.15) is 78.8 Å². The van der Waals surface area contributed by atoms with E-state index in [4.69, 9.17) is 4.74 Å². The highest BCUT2D eigenvalue weighted by atomic mass is 19.4. The molecule has 0 atom stereocenters. The van der Waals surface area contributed by atoms with Crippen molar-refractivity contribution in [3.8, 4) is 17.0 Å². The molecule has 0 spiro atoms. The Labute approximate surface area is 282 Å². The molecule has 0 aliphatic carbocycles. The summed E-state index contributed by atoms with van der Waals surface area (Å²) in [5.41, 5.74) is -0.769. The molecule has 262 valence electrons. The molecule has 1 N–H and O–H groups in total. The highest BCUT2D eigenvalue weighted by Crippen LogP contribution is 2.39. The van der Waals surface area contributed by atoms with E-state index in [-0.39, 0.29) is 58.5 Å². The molecular formula is C36H30F6N2O6. The monoisotopic (exact) mass is 700 g/mol. The Hall–Kier alpha value is -5.53. The number of hydrogen-bond donors (Lipinski definition) is 1. The third-order valence-electron chi connectivity index (χ3n) is 7.54. The minimum absolute atomic E-state index is 0.0521. The molecule has 14 heteroatoms. The number of rotatable bonds is 10. The van der Waals surface area contributed by atoms with Crippen LogP contribution in [0.3, 0.4) is 0 Å². The van der Waals surface area contributed by atoms with Crippen LogP contribution < -0.4 is 10.1 Å². The number of amides is 1. The van der Waals surface area contributed by atoms with Gasteiger partial charge in [0.1, 0.15) is 5.75 Å². The van der Waals surface area contributed by atoms with Crippen LogP contribution in [0.5, 0.6) is 5.75 Å². The van der Waals surface area contributed by atoms with Crippen molar-refractivity contribution >= 4 is 29.3 Å². The Morgan fingerprint density at radius 1 is 0.820 bits per heavy atom. The molecule has 0 bridgehead atoms. The van der Waals surface area contributed by atoms with Crippen molar-refractivity contribution in [1.29, 1.82) is 0 Å². The molecule has 8 nitrogen and oxygen atoms in total. The van der Waals surface area contributed by atoms with E-state index in [1.54, 1.807) is 19.1 Å². The highest BCUT2D eigenvalue weighted by Gasteiger charge is 2.37. The molecule has 50 heavy (non-hydrogen) atoms. The summed E-state index contributed by atoms with van der Waals surface area (Å²) in [6.07, 6.45) is -9.40. The number of benzene rings is 3. The van der Waals surface area contributed by atoms with Gasteiger partial charge in [0.05, 0.1) is 40.7 Å². The maximum Gasteiger partial charge on any atom is 0.420 e. The number of halogens is 6. The van der Waals surface area contributed by atoms with Crippen LogP contribution in [0, 0.1) is 13.8 Å². The van der Waals surface area contributed by atoms with Crippen molar-refractivity contribution in [2.24, 2.45) is 0 Å². The lowest BCUT2D eigenvalue weighted by Crippen LogP contribution is -2.17. The van der Waals surface area contributed by atoms with Crippen molar-refractivity contribution in [1.82, 2.24) is 4.98 Å². The van der Waals surface area contributed by atoms with Crippen LogP contribution in [0.15, 0.2) is 66.7 Å². The first-order valence-corrected chi connectivity index (χ1v) is 15.0. The van der Waals surface area contributed by atoms with E-state index in [1.807, 2.05) is 0 Å². The first-order valence-electron chi connectivity index (χ1n) is 15.0. The van der Waals surface area contributed by atoms with Gasteiger partial charge in [-0.1, -0.05) is 18.2 Å². The Balaban J connectivity index is 1.47. The minimum atomic E-state index is -4.93. The Morgan fingerprint density at radius 2 is 1.50 bits per heavy atom. The molecule has 3 aromatic carbocycles. The van der Waals surface area contributed by atoms with Gasteiger partial charge in [0.25, 0.3) is 5.91 Å². The van der Waals surface area contributed by atoms with Crippen molar-refractivity contribution < 1.29 is 55.0 Å². The fourth-order valence-corrected chi connectivity index (χ4v) is 5.07. The number of esters is 2. The quantitative estimate of drug-likeness (QED) is 0.0764. The number of alkyl halides is 6. The highest BCUT2D eigenvalue weighted by molar-refractivity contribution is 6.11. The molecule has 4 aromatic rings. The van der Waals surface area contributed by atoms with Gasteiger partial charge in [-0.3, -0.25) is 19.4 Å². The lowest BCUT2D eigenvalue weighted by Gasteiger charge is -2.16. The van der Waals surface area contributed by atoms with Gasteiger partial charge in [-0.25, -0.2) is 4.79 Å². The fraction of sp³-hybridized carbons (Fsp3) is 0.250. The number of carbonyl (C=O) groups is 4. The minimum Gasteiger partial charge on any atom is -0.465 e. The second-order valence-electron chi connectivity index (χ2n) is 11.3. The molecule has 0 radical (unpaired) electrons. The largest absolute Gasteiger partial charge is 0.465 e. The normalized spacial score (nSPS) is 11.6. The molecule has 0 saturated carbocycles. The number of nitrogens with one attached hydrogen (secondary N) is 1. The van der Waals surface area contributed by atoms with Crippen LogP contribution in [0.4, 0.5) is 32.0 Å². The maximum atomic E-state index is 13.7. The fourth-order valence-electron chi connectivity index (χ4n) is 5.07. The summed E-state index contributed by atoms with van der Waals surface area (Å²) in [5.74, 6) is -3.73. The Kier molecular flexibility index (Phi) is 11.1. The lowest BCUT2D eigenvalue weighted by atomic mass is 10.0. The molecule has 4 rings (SSSR count). The average molecular weight is 701 g/mol. The molecule has 1 aromatic heterocycles. The number of hydrogen-bond acceptors (Lipinski definition) is 7. The van der Waals surface area contributed by atoms with Crippen molar-refractivity contribution in [2.45, 2.75) is 52.4 Å². The molecule has 1 heterocycles. The Bertz CT molecular complexity index is 1950. The van der Waals surface area contributed by atoms with Gasteiger partial charge < -0.3 is 14.8 Å². The third-order valence-corrected chi connectivity index (χ3v) is 7.54. The van der Waals surface area contributed by atoms with Gasteiger partial charge in [-0.2, -0.15) is 26.3 Å². The number of ketones is 1. The molecule has 0 saturated heterocycles. The molecule has 0 aliphatic heterocycles. The first kappa shape index (κ1) is 37.3. The maximum absolute atomic E-state index is 13.7. The van der Waals surface area contributed by atoms with Crippen LogP contribution in [-0.2, 0) is 28.3 Å². The summed E-state index contributed by atoms with van der Waals surface area (Å²) in [6, 6.07) is 13.5. The first-order chi connectivity index (χ1) is 23.4. The van der Waals surface area contributed by atoms with Gasteiger partial charge in [-0.05, 0) is 93.3 Å². The van der Waals surface area contributed by atoms with E-state index in [9.17, 15) is 45.5 Å². The zero-order valence-electron chi connectivity index (χ0n) is 27.1. The van der Waals surface area contributed by atoms with Gasteiger partial charge in [0, 0.05) is 23.2 Å². The van der Waals surface area contributed by atoms with E-state index in [0.717, 1.165) is 25.3 Å². The summed E-state index contributed by atoms with van der Waals surface area (Å²) in [7, 11) is 1.02. The predicted molar refractivity (Wildman–Crippen MR) is 170 cm³/mol. The van der Waals surface area contributed by atoms with Crippen LogP contribution in [-0.4, -0.2) is 35.7 Å². The summed E-state index contributed by atoms with van der Waals surface area (Å²) < 4.78 is 90.0. The predicted octanol–water partition coefficient (Wildman–Crippen LogP) is 8.57. The SMILES string of the molecule is COC(=O)c1cc(C)c(OC(=O)CCCc2ccc(NC(=O)c3ccc(C)nc3-c3ccc(C(F)(F)F)cc3)c(C(C)=O)c2)c(C(F)(F)F)c1. The molecule has 0 aliphatic rings. The van der Waals surface area contributed by atoms with Crippen LogP contribution in [0.2, 0.25) is 0 Å². The number of nitrogens with zero attached hydrogens (tertiary/aromatic N) is 1. The van der Waals surface area contributed by atoms with Crippen molar-refractivity contribution in [3.63, 3.8) is 0 Å². The number of carbonyl (C=O) groups excluding carboxylic acids is 4. The van der Waals surface area contributed by atoms with Gasteiger partial charge in [-0.15, -0.1) is 0 Å². The zero-order valence-corrected chi connectivity index (χ0v) is 27.1. The Morgan fingerprint density at radius 3 is 2.10 bits per heavy atom. The van der Waals surface area contributed by atoms with Gasteiger partial charge in [0.2, 0.25) is 0 Å². The topological polar surface area (TPSA) is 112 Å². The van der Waals surface area contributed by atoms with Crippen LogP contribution >= 0.6 is 0 Å². The second-order valence-corrected chi connectivity index (χ2v) is 11.3. The van der Waals surface area contributed by atoms with E-state index >= 15 is 0 Å². The number of methoxy groups -OCH3 is 1. The number of ether oxygens (including phenoxy) is 2. The number of anilines is 1. The van der Waals surface area contributed by atoms with Crippen molar-refractivity contribution in [3.05, 3.63) is 111 Å². The molecule has 0 fully saturated rings. The summed E-state index contributed by atoms with van der Waals surface area (Å²) in [5, 5.41) is 2.66. The van der Waals surface area contributed by atoms with E-state index < -0.39 is 52.9 Å². The zero-order chi connectivity index (χ0) is 37.0. The molecule has 0 unspecified atom stereocenters. The van der Waals surface area contributed by atoms with Crippen LogP contribution in [0.25, 0.3) is 11.3 Å². The third kappa shape index (κ3) is 8.92. The smallest absolute Gasteiger partial charge is 0.420 e. The summed E-state index contributed by atoms with van der Waals surface area (Å²) in [6.45, 7) is 4.20.